The molecule has 180 valence electrons. The van der Waals surface area contributed by atoms with Crippen LogP contribution in [0, 0.1) is 0 Å². The Kier molecular flexibility index (Phi) is 8.77. The number of rotatable bonds is 9. The molecule has 0 atom stereocenters. The van der Waals surface area contributed by atoms with E-state index in [1.807, 2.05) is 0 Å². The zero-order chi connectivity index (χ0) is 23.2. The van der Waals surface area contributed by atoms with Crippen LogP contribution in [-0.4, -0.2) is 63.1 Å². The molecular formula is C23H33F3N2O3S. The predicted octanol–water partition coefficient (Wildman–Crippen LogP) is 4.70. The van der Waals surface area contributed by atoms with Gasteiger partial charge >= 0.3 is 6.18 Å². The molecule has 1 aromatic rings. The lowest BCUT2D eigenvalue weighted by atomic mass is 9.93. The van der Waals surface area contributed by atoms with Crippen molar-refractivity contribution in [1.29, 1.82) is 0 Å². The van der Waals surface area contributed by atoms with Crippen LogP contribution in [-0.2, 0) is 20.9 Å². The first-order chi connectivity index (χ1) is 15.2. The molecule has 1 fully saturated rings. The fraction of sp³-hybridized carbons (Fsp3) is 0.652. The molecule has 1 aliphatic heterocycles. The summed E-state index contributed by atoms with van der Waals surface area (Å²) in [7, 11) is -2.33. The largest absolute Gasteiger partial charge is 0.416 e. The molecule has 0 radical (unpaired) electrons. The van der Waals surface area contributed by atoms with Crippen molar-refractivity contribution in [3.63, 3.8) is 0 Å². The highest BCUT2D eigenvalue weighted by Crippen LogP contribution is 2.32. The molecule has 0 spiro atoms. The highest BCUT2D eigenvalue weighted by Gasteiger charge is 2.34. The molecule has 1 saturated carbocycles. The summed E-state index contributed by atoms with van der Waals surface area (Å²) in [6, 6.07) is 3.52. The van der Waals surface area contributed by atoms with Crippen molar-refractivity contribution < 1.29 is 26.3 Å². The topological polar surface area (TPSA) is 49.9 Å². The molecule has 0 N–H and O–H groups in total. The molecule has 0 unspecified atom stereocenters. The number of hydrogen-bond donors (Lipinski definition) is 0. The Morgan fingerprint density at radius 3 is 2.34 bits per heavy atom. The molecule has 0 amide bonds. The van der Waals surface area contributed by atoms with E-state index in [9.17, 15) is 21.6 Å². The van der Waals surface area contributed by atoms with Gasteiger partial charge in [0.25, 0.3) is 0 Å². The molecule has 1 aliphatic carbocycles. The van der Waals surface area contributed by atoms with Gasteiger partial charge in [-0.05, 0) is 75.8 Å². The van der Waals surface area contributed by atoms with Gasteiger partial charge in [-0.25, -0.2) is 8.42 Å². The second-order valence-electron chi connectivity index (χ2n) is 8.61. The summed E-state index contributed by atoms with van der Waals surface area (Å²) in [6.07, 6.45) is 6.28. The first-order valence-electron chi connectivity index (χ1n) is 11.3. The Morgan fingerprint density at radius 1 is 1.06 bits per heavy atom. The lowest BCUT2D eigenvalue weighted by Crippen LogP contribution is -2.40. The summed E-state index contributed by atoms with van der Waals surface area (Å²) in [6.45, 7) is 3.98. The molecule has 3 rings (SSSR count). The van der Waals surface area contributed by atoms with Gasteiger partial charge in [0.2, 0.25) is 10.0 Å². The van der Waals surface area contributed by atoms with E-state index in [4.69, 9.17) is 4.74 Å². The standard InChI is InChI=1S/C23H33F3N2O3S/c1-27(32(29,30)22-13-7-19(8-14-22)23(24,25)26)20-9-11-21(12-10-20)31-18-6-5-17-28-15-3-2-4-16-28/h2-3,7-8,13-14,20-21H,4-6,9-12,15-18H2,1H3/t20-,21-. The van der Waals surface area contributed by atoms with Crippen molar-refractivity contribution in [2.24, 2.45) is 0 Å². The third kappa shape index (κ3) is 6.79. The second-order valence-corrected chi connectivity index (χ2v) is 10.6. The Hall–Kier alpha value is -1.42. The van der Waals surface area contributed by atoms with Gasteiger partial charge in [0.15, 0.2) is 0 Å². The molecule has 2 aliphatic rings. The number of sulfonamides is 1. The number of hydrogen-bond acceptors (Lipinski definition) is 4. The van der Waals surface area contributed by atoms with Crippen molar-refractivity contribution >= 4 is 10.0 Å². The van der Waals surface area contributed by atoms with E-state index in [0.29, 0.717) is 12.8 Å². The van der Waals surface area contributed by atoms with Crippen LogP contribution in [0.15, 0.2) is 41.3 Å². The summed E-state index contributed by atoms with van der Waals surface area (Å²) >= 11 is 0. The quantitative estimate of drug-likeness (QED) is 0.385. The van der Waals surface area contributed by atoms with Crippen LogP contribution in [0.1, 0.15) is 50.5 Å². The predicted molar refractivity (Wildman–Crippen MR) is 118 cm³/mol. The minimum absolute atomic E-state index is 0.115. The number of nitrogens with zero attached hydrogens (tertiary/aromatic N) is 2. The van der Waals surface area contributed by atoms with Gasteiger partial charge in [-0.2, -0.15) is 17.5 Å². The van der Waals surface area contributed by atoms with E-state index in [2.05, 4.69) is 17.1 Å². The molecular weight excluding hydrogens is 441 g/mol. The minimum Gasteiger partial charge on any atom is -0.378 e. The van der Waals surface area contributed by atoms with Crippen LogP contribution in [0.5, 0.6) is 0 Å². The maximum atomic E-state index is 12.9. The number of ether oxygens (including phenoxy) is 1. The van der Waals surface area contributed by atoms with E-state index >= 15 is 0 Å². The van der Waals surface area contributed by atoms with Crippen LogP contribution >= 0.6 is 0 Å². The summed E-state index contributed by atoms with van der Waals surface area (Å²) in [5, 5.41) is 0. The van der Waals surface area contributed by atoms with E-state index in [1.165, 1.54) is 11.4 Å². The van der Waals surface area contributed by atoms with Crippen LogP contribution in [0.4, 0.5) is 13.2 Å². The van der Waals surface area contributed by atoms with E-state index in [1.54, 1.807) is 0 Å². The molecule has 1 heterocycles. The van der Waals surface area contributed by atoms with Crippen LogP contribution in [0.25, 0.3) is 0 Å². The van der Waals surface area contributed by atoms with E-state index in [0.717, 1.165) is 82.6 Å². The average Bonchev–Trinajstić information content (AvgIpc) is 2.79. The van der Waals surface area contributed by atoms with Gasteiger partial charge < -0.3 is 4.74 Å². The maximum Gasteiger partial charge on any atom is 0.416 e. The highest BCUT2D eigenvalue weighted by atomic mass is 32.2. The summed E-state index contributed by atoms with van der Waals surface area (Å²) in [5.41, 5.74) is -0.857. The van der Waals surface area contributed by atoms with Crippen LogP contribution in [0.3, 0.4) is 0 Å². The molecule has 9 heteroatoms. The third-order valence-electron chi connectivity index (χ3n) is 6.38. The third-order valence-corrected chi connectivity index (χ3v) is 8.31. The van der Waals surface area contributed by atoms with Crippen molar-refractivity contribution in [3.8, 4) is 0 Å². The van der Waals surface area contributed by atoms with Crippen molar-refractivity contribution in [3.05, 3.63) is 42.0 Å². The highest BCUT2D eigenvalue weighted by molar-refractivity contribution is 7.89. The van der Waals surface area contributed by atoms with Gasteiger partial charge in [-0.15, -0.1) is 0 Å². The maximum absolute atomic E-state index is 12.9. The van der Waals surface area contributed by atoms with Gasteiger partial charge in [0.05, 0.1) is 16.6 Å². The van der Waals surface area contributed by atoms with E-state index in [-0.39, 0.29) is 17.0 Å². The monoisotopic (exact) mass is 474 g/mol. The Bertz CT molecular complexity index is 848. The van der Waals surface area contributed by atoms with Gasteiger partial charge in [0.1, 0.15) is 0 Å². The SMILES string of the molecule is CN([C@H]1CC[C@H](OCCCCN2CC=CCC2)CC1)S(=O)(=O)c1ccc(C(F)(F)F)cc1. The number of unbranched alkanes of at least 4 members (excludes halogenated alkanes) is 1. The molecule has 5 nitrogen and oxygen atoms in total. The minimum atomic E-state index is -4.49. The zero-order valence-electron chi connectivity index (χ0n) is 18.6. The molecule has 0 saturated heterocycles. The first kappa shape index (κ1) is 25.2. The number of halogens is 3. The fourth-order valence-electron chi connectivity index (χ4n) is 4.33. The van der Waals surface area contributed by atoms with E-state index < -0.39 is 21.8 Å². The van der Waals surface area contributed by atoms with Crippen molar-refractivity contribution in [1.82, 2.24) is 9.21 Å². The first-order valence-corrected chi connectivity index (χ1v) is 12.8. The Labute approximate surface area is 189 Å². The van der Waals surface area contributed by atoms with Crippen molar-refractivity contribution in [2.75, 3.05) is 33.3 Å². The lowest BCUT2D eigenvalue weighted by Gasteiger charge is -2.34. The summed E-state index contributed by atoms with van der Waals surface area (Å²) in [4.78, 5) is 2.33. The molecule has 0 bridgehead atoms. The molecule has 0 aromatic heterocycles. The van der Waals surface area contributed by atoms with Gasteiger partial charge in [-0.3, -0.25) is 4.90 Å². The zero-order valence-corrected chi connectivity index (χ0v) is 19.4. The van der Waals surface area contributed by atoms with Gasteiger partial charge in [0, 0.05) is 32.8 Å². The van der Waals surface area contributed by atoms with Crippen LogP contribution in [0.2, 0.25) is 0 Å². The smallest absolute Gasteiger partial charge is 0.378 e. The second kappa shape index (κ2) is 11.1. The van der Waals surface area contributed by atoms with Crippen LogP contribution < -0.4 is 0 Å². The number of alkyl halides is 3. The molecule has 1 aromatic carbocycles. The normalized spacial score (nSPS) is 23.0. The van der Waals surface area contributed by atoms with Crippen molar-refractivity contribution in [2.45, 2.75) is 68.2 Å². The van der Waals surface area contributed by atoms with Gasteiger partial charge in [-0.1, -0.05) is 12.2 Å². The summed E-state index contributed by atoms with van der Waals surface area (Å²) in [5.74, 6) is 0. The molecule has 32 heavy (non-hydrogen) atoms. The lowest BCUT2D eigenvalue weighted by molar-refractivity contribution is -0.137. The number of benzene rings is 1. The fourth-order valence-corrected chi connectivity index (χ4v) is 5.75. The Balaban J connectivity index is 1.40. The Morgan fingerprint density at radius 2 is 1.75 bits per heavy atom. The average molecular weight is 475 g/mol. The summed E-state index contributed by atoms with van der Waals surface area (Å²) < 4.78 is 71.2.